The molecule has 2 aromatic rings. The van der Waals surface area contributed by atoms with Gasteiger partial charge in [-0.05, 0) is 48.9 Å². The van der Waals surface area contributed by atoms with Crippen LogP contribution >= 0.6 is 15.9 Å². The second-order valence-corrected chi connectivity index (χ2v) is 5.05. The van der Waals surface area contributed by atoms with E-state index in [2.05, 4.69) is 21.1 Å². The number of rotatable bonds is 3. The molecule has 0 atom stereocenters. The van der Waals surface area contributed by atoms with Crippen molar-refractivity contribution >= 4 is 21.8 Å². The van der Waals surface area contributed by atoms with Crippen LogP contribution in [0.25, 0.3) is 0 Å². The maximum atomic E-state index is 13.3. The Morgan fingerprint density at radius 2 is 1.95 bits per heavy atom. The first-order valence-electron chi connectivity index (χ1n) is 5.72. The zero-order valence-electron chi connectivity index (χ0n) is 10.6. The van der Waals surface area contributed by atoms with Crippen LogP contribution in [0.2, 0.25) is 0 Å². The number of amidine groups is 1. The predicted octanol–water partition coefficient (Wildman–Crippen LogP) is 3.78. The quantitative estimate of drug-likeness (QED) is 0.387. The minimum absolute atomic E-state index is 0.190. The minimum Gasteiger partial charge on any atom is -0.456 e. The molecule has 20 heavy (non-hydrogen) atoms. The van der Waals surface area contributed by atoms with Crippen molar-refractivity contribution in [1.82, 2.24) is 0 Å². The summed E-state index contributed by atoms with van der Waals surface area (Å²) in [4.78, 5) is 0. The van der Waals surface area contributed by atoms with Crippen LogP contribution in [-0.4, -0.2) is 11.0 Å². The van der Waals surface area contributed by atoms with Gasteiger partial charge in [0.25, 0.3) is 0 Å². The smallest absolute Gasteiger partial charge is 0.173 e. The lowest BCUT2D eigenvalue weighted by Crippen LogP contribution is -2.14. The Bertz CT molecular complexity index is 674. The van der Waals surface area contributed by atoms with E-state index in [1.165, 1.54) is 12.1 Å². The molecule has 0 radical (unpaired) electrons. The fraction of sp³-hybridized carbons (Fsp3) is 0.0714. The molecule has 0 unspecified atom stereocenters. The summed E-state index contributed by atoms with van der Waals surface area (Å²) in [6.07, 6.45) is 0. The van der Waals surface area contributed by atoms with Crippen LogP contribution in [0.1, 0.15) is 11.1 Å². The Labute approximate surface area is 123 Å². The highest BCUT2D eigenvalue weighted by molar-refractivity contribution is 9.10. The lowest BCUT2D eigenvalue weighted by molar-refractivity contribution is 0.318. The van der Waals surface area contributed by atoms with Gasteiger partial charge in [0.05, 0.1) is 5.56 Å². The first-order valence-corrected chi connectivity index (χ1v) is 6.52. The first kappa shape index (κ1) is 14.3. The number of nitrogens with two attached hydrogens (primary N) is 1. The Morgan fingerprint density at radius 1 is 1.25 bits per heavy atom. The van der Waals surface area contributed by atoms with Gasteiger partial charge in [-0.15, -0.1) is 0 Å². The van der Waals surface area contributed by atoms with Crippen LogP contribution < -0.4 is 10.5 Å². The molecule has 6 heteroatoms. The van der Waals surface area contributed by atoms with Crippen LogP contribution in [-0.2, 0) is 0 Å². The van der Waals surface area contributed by atoms with Gasteiger partial charge in [0.1, 0.15) is 17.3 Å². The third-order valence-electron chi connectivity index (χ3n) is 2.68. The molecular formula is C14H12BrFN2O2. The van der Waals surface area contributed by atoms with E-state index in [4.69, 9.17) is 15.7 Å². The van der Waals surface area contributed by atoms with Gasteiger partial charge in [-0.2, -0.15) is 0 Å². The van der Waals surface area contributed by atoms with Gasteiger partial charge in [-0.3, -0.25) is 0 Å². The third-order valence-corrected chi connectivity index (χ3v) is 3.18. The number of hydrogen-bond acceptors (Lipinski definition) is 3. The van der Waals surface area contributed by atoms with E-state index < -0.39 is 5.82 Å². The Morgan fingerprint density at radius 3 is 2.60 bits per heavy atom. The maximum Gasteiger partial charge on any atom is 0.173 e. The van der Waals surface area contributed by atoms with E-state index in [1.807, 2.05) is 19.1 Å². The molecule has 4 nitrogen and oxygen atoms in total. The Kier molecular flexibility index (Phi) is 4.24. The SMILES string of the molecule is Cc1cc(Br)ccc1Oc1ccc(F)cc1C(N)=NO. The summed E-state index contributed by atoms with van der Waals surface area (Å²) in [5, 5.41) is 11.6. The van der Waals surface area contributed by atoms with E-state index in [9.17, 15) is 4.39 Å². The molecule has 0 amide bonds. The molecule has 0 fully saturated rings. The molecule has 0 aliphatic carbocycles. The van der Waals surface area contributed by atoms with Gasteiger partial charge < -0.3 is 15.7 Å². The highest BCUT2D eigenvalue weighted by atomic mass is 79.9. The highest BCUT2D eigenvalue weighted by Gasteiger charge is 2.12. The normalized spacial score (nSPS) is 11.4. The molecule has 2 rings (SSSR count). The van der Waals surface area contributed by atoms with Gasteiger partial charge >= 0.3 is 0 Å². The molecule has 0 aliphatic rings. The summed E-state index contributed by atoms with van der Waals surface area (Å²) >= 11 is 3.36. The second-order valence-electron chi connectivity index (χ2n) is 4.14. The third kappa shape index (κ3) is 3.08. The molecule has 0 saturated carbocycles. The standard InChI is InChI=1S/C14H12BrFN2O2/c1-8-6-9(15)2-4-12(8)20-13-5-3-10(16)7-11(13)14(17)18-19/h2-7,19H,1H3,(H2,17,18). The molecular weight excluding hydrogens is 327 g/mol. The van der Waals surface area contributed by atoms with E-state index in [1.54, 1.807) is 6.07 Å². The van der Waals surface area contributed by atoms with Crippen LogP contribution in [0.3, 0.4) is 0 Å². The summed E-state index contributed by atoms with van der Waals surface area (Å²) in [6.45, 7) is 1.88. The lowest BCUT2D eigenvalue weighted by atomic mass is 10.1. The van der Waals surface area contributed by atoms with Gasteiger partial charge in [-0.25, -0.2) is 4.39 Å². The number of hydrogen-bond donors (Lipinski definition) is 2. The summed E-state index contributed by atoms with van der Waals surface area (Å²) < 4.78 is 19.9. The largest absolute Gasteiger partial charge is 0.456 e. The van der Waals surface area contributed by atoms with Crippen molar-refractivity contribution in [3.63, 3.8) is 0 Å². The molecule has 0 bridgehead atoms. The molecule has 3 N–H and O–H groups in total. The average Bonchev–Trinajstić information content (AvgIpc) is 2.42. The van der Waals surface area contributed by atoms with Crippen molar-refractivity contribution in [2.24, 2.45) is 10.9 Å². The number of oxime groups is 1. The number of nitrogens with zero attached hydrogens (tertiary/aromatic N) is 1. The molecule has 2 aromatic carbocycles. The maximum absolute atomic E-state index is 13.3. The van der Waals surface area contributed by atoms with Crippen LogP contribution in [0.4, 0.5) is 4.39 Å². The number of benzene rings is 2. The van der Waals surface area contributed by atoms with E-state index in [-0.39, 0.29) is 11.4 Å². The molecule has 104 valence electrons. The average molecular weight is 339 g/mol. The molecule has 0 heterocycles. The zero-order valence-corrected chi connectivity index (χ0v) is 12.2. The van der Waals surface area contributed by atoms with E-state index in [0.29, 0.717) is 11.5 Å². The topological polar surface area (TPSA) is 67.8 Å². The first-order chi connectivity index (χ1) is 9.51. The van der Waals surface area contributed by atoms with Crippen LogP contribution in [0.5, 0.6) is 11.5 Å². The molecule has 0 saturated heterocycles. The van der Waals surface area contributed by atoms with Crippen molar-refractivity contribution < 1.29 is 14.3 Å². The minimum atomic E-state index is -0.494. The number of aryl methyl sites for hydroxylation is 1. The van der Waals surface area contributed by atoms with Gasteiger partial charge in [0, 0.05) is 4.47 Å². The van der Waals surface area contributed by atoms with Crippen molar-refractivity contribution in [3.8, 4) is 11.5 Å². The van der Waals surface area contributed by atoms with Crippen LogP contribution in [0.15, 0.2) is 46.0 Å². The Hall–Kier alpha value is -2.08. The number of ether oxygens (including phenoxy) is 1. The lowest BCUT2D eigenvalue weighted by Gasteiger charge is -2.12. The van der Waals surface area contributed by atoms with Crippen molar-refractivity contribution in [2.45, 2.75) is 6.92 Å². The zero-order chi connectivity index (χ0) is 14.7. The fourth-order valence-electron chi connectivity index (χ4n) is 1.69. The molecule has 0 aromatic heterocycles. The molecule has 0 spiro atoms. The highest BCUT2D eigenvalue weighted by Crippen LogP contribution is 2.30. The monoisotopic (exact) mass is 338 g/mol. The summed E-state index contributed by atoms with van der Waals surface area (Å²) in [5.41, 5.74) is 6.61. The van der Waals surface area contributed by atoms with Crippen molar-refractivity contribution in [1.29, 1.82) is 0 Å². The van der Waals surface area contributed by atoms with E-state index >= 15 is 0 Å². The summed E-state index contributed by atoms with van der Waals surface area (Å²) in [6, 6.07) is 9.33. The van der Waals surface area contributed by atoms with Gasteiger partial charge in [0.15, 0.2) is 5.84 Å². The summed E-state index contributed by atoms with van der Waals surface area (Å²) in [7, 11) is 0. The van der Waals surface area contributed by atoms with Crippen LogP contribution in [0, 0.1) is 12.7 Å². The fourth-order valence-corrected chi connectivity index (χ4v) is 2.17. The van der Waals surface area contributed by atoms with Gasteiger partial charge in [0.2, 0.25) is 0 Å². The van der Waals surface area contributed by atoms with Gasteiger partial charge in [-0.1, -0.05) is 21.1 Å². The van der Waals surface area contributed by atoms with Crippen molar-refractivity contribution in [3.05, 3.63) is 57.8 Å². The second kappa shape index (κ2) is 5.92. The number of halogens is 2. The summed E-state index contributed by atoms with van der Waals surface area (Å²) in [5.74, 6) is 0.208. The van der Waals surface area contributed by atoms with Crippen molar-refractivity contribution in [2.75, 3.05) is 0 Å². The Balaban J connectivity index is 2.43. The predicted molar refractivity (Wildman–Crippen MR) is 77.9 cm³/mol. The molecule has 0 aliphatic heterocycles. The van der Waals surface area contributed by atoms with E-state index in [0.717, 1.165) is 16.1 Å².